The van der Waals surface area contributed by atoms with Gasteiger partial charge in [0.05, 0.1) is 32.8 Å². The van der Waals surface area contributed by atoms with Crippen LogP contribution in [0.15, 0.2) is 54.6 Å². The molecule has 2 aromatic carbocycles. The number of carbonyl (C=O) groups is 3. The highest BCUT2D eigenvalue weighted by Crippen LogP contribution is 2.13. The molecule has 12 heteroatoms. The molecule has 1 saturated heterocycles. The van der Waals surface area contributed by atoms with E-state index in [9.17, 15) is 24.4 Å². The summed E-state index contributed by atoms with van der Waals surface area (Å²) in [5.41, 5.74) is 1.56. The second-order valence-corrected chi connectivity index (χ2v) is 9.51. The number of methoxy groups -OCH3 is 1. The second kappa shape index (κ2) is 15.2. The molecule has 0 aliphatic carbocycles. The van der Waals surface area contributed by atoms with E-state index in [0.29, 0.717) is 32.1 Å². The van der Waals surface area contributed by atoms with Gasteiger partial charge in [0.2, 0.25) is 17.7 Å². The molecule has 0 bridgehead atoms. The fourth-order valence-electron chi connectivity index (χ4n) is 4.20. The topological polar surface area (TPSA) is 149 Å². The molecule has 1 fully saturated rings. The van der Waals surface area contributed by atoms with E-state index in [1.54, 1.807) is 38.3 Å². The van der Waals surface area contributed by atoms with Crippen LogP contribution < -0.4 is 20.7 Å². The van der Waals surface area contributed by atoms with Crippen LogP contribution in [-0.2, 0) is 32.0 Å². The lowest BCUT2D eigenvalue weighted by atomic mass is 9.75. The third-order valence-corrected chi connectivity index (χ3v) is 6.46. The van der Waals surface area contributed by atoms with Gasteiger partial charge in [0, 0.05) is 19.5 Å². The zero-order valence-corrected chi connectivity index (χ0v) is 22.3. The maximum atomic E-state index is 13.3. The molecule has 1 aliphatic heterocycles. The van der Waals surface area contributed by atoms with Crippen LogP contribution in [0.4, 0.5) is 0 Å². The van der Waals surface area contributed by atoms with Crippen molar-refractivity contribution in [3.63, 3.8) is 0 Å². The van der Waals surface area contributed by atoms with Crippen molar-refractivity contribution in [1.29, 1.82) is 0 Å². The highest BCUT2D eigenvalue weighted by atomic mass is 16.5. The molecule has 2 aromatic rings. The van der Waals surface area contributed by atoms with E-state index in [4.69, 9.17) is 9.47 Å². The van der Waals surface area contributed by atoms with Crippen molar-refractivity contribution in [2.45, 2.75) is 37.8 Å². The van der Waals surface area contributed by atoms with Gasteiger partial charge in [-0.2, -0.15) is 0 Å². The predicted octanol–water partition coefficient (Wildman–Crippen LogP) is -0.701. The van der Waals surface area contributed by atoms with Crippen molar-refractivity contribution < 1.29 is 33.9 Å². The fraction of sp³-hybridized carbons (Fsp3) is 0.444. The Balaban J connectivity index is 1.67. The lowest BCUT2D eigenvalue weighted by molar-refractivity contribution is -0.132. The van der Waals surface area contributed by atoms with Crippen molar-refractivity contribution >= 4 is 24.8 Å². The van der Waals surface area contributed by atoms with Gasteiger partial charge in [-0.05, 0) is 36.6 Å². The summed E-state index contributed by atoms with van der Waals surface area (Å²) in [7, 11) is -0.266. The molecule has 1 heterocycles. The number of nitrogens with zero attached hydrogens (tertiary/aromatic N) is 1. The average Bonchev–Trinajstić information content (AvgIpc) is 2.93. The van der Waals surface area contributed by atoms with Crippen LogP contribution in [0.25, 0.3) is 0 Å². The molecular formula is C27H37BN4O7. The zero-order valence-electron chi connectivity index (χ0n) is 22.3. The number of hydrogen-bond acceptors (Lipinski definition) is 8. The summed E-state index contributed by atoms with van der Waals surface area (Å²) in [5.74, 6) is -1.78. The summed E-state index contributed by atoms with van der Waals surface area (Å²) < 4.78 is 10.5. The number of benzene rings is 2. The normalized spacial score (nSPS) is 15.9. The largest absolute Gasteiger partial charge is 0.497 e. The first kappa shape index (κ1) is 30.1. The number of morpholine rings is 1. The summed E-state index contributed by atoms with van der Waals surface area (Å²) in [6, 6.07) is 14.2. The minimum absolute atomic E-state index is 0.135. The smallest absolute Gasteiger partial charge is 0.475 e. The van der Waals surface area contributed by atoms with Gasteiger partial charge in [0.15, 0.2) is 0 Å². The molecule has 11 nitrogen and oxygen atoms in total. The molecular weight excluding hydrogens is 503 g/mol. The predicted molar refractivity (Wildman–Crippen MR) is 146 cm³/mol. The van der Waals surface area contributed by atoms with Gasteiger partial charge in [-0.3, -0.25) is 19.3 Å². The molecule has 39 heavy (non-hydrogen) atoms. The highest BCUT2D eigenvalue weighted by Gasteiger charge is 2.31. The van der Waals surface area contributed by atoms with Crippen molar-refractivity contribution in [1.82, 2.24) is 20.9 Å². The van der Waals surface area contributed by atoms with Gasteiger partial charge in [0.1, 0.15) is 17.8 Å². The lowest BCUT2D eigenvalue weighted by Gasteiger charge is -2.27. The number of amides is 3. The number of hydrogen-bond donors (Lipinski definition) is 5. The van der Waals surface area contributed by atoms with Crippen LogP contribution in [0.1, 0.15) is 18.1 Å². The van der Waals surface area contributed by atoms with Gasteiger partial charge < -0.3 is 35.5 Å². The summed E-state index contributed by atoms with van der Waals surface area (Å²) >= 11 is 0. The molecule has 0 spiro atoms. The Kier molecular flexibility index (Phi) is 11.7. The van der Waals surface area contributed by atoms with Gasteiger partial charge in [-0.25, -0.2) is 0 Å². The molecule has 3 unspecified atom stereocenters. The molecule has 0 saturated carbocycles. The Bertz CT molecular complexity index is 1070. The minimum atomic E-state index is -1.81. The van der Waals surface area contributed by atoms with Crippen LogP contribution in [-0.4, -0.2) is 97.8 Å². The number of rotatable bonds is 13. The summed E-state index contributed by atoms with van der Waals surface area (Å²) in [5, 5.41) is 27.9. The molecule has 3 rings (SSSR count). The van der Waals surface area contributed by atoms with Crippen LogP contribution in [0, 0.1) is 0 Å². The van der Waals surface area contributed by atoms with Gasteiger partial charge in [-0.15, -0.1) is 0 Å². The van der Waals surface area contributed by atoms with E-state index in [0.717, 1.165) is 11.1 Å². The Morgan fingerprint density at radius 1 is 0.923 bits per heavy atom. The van der Waals surface area contributed by atoms with E-state index < -0.39 is 37.0 Å². The van der Waals surface area contributed by atoms with Crippen LogP contribution in [0.5, 0.6) is 5.75 Å². The molecule has 3 amide bonds. The van der Waals surface area contributed by atoms with Crippen molar-refractivity contribution in [2.24, 2.45) is 0 Å². The summed E-state index contributed by atoms with van der Waals surface area (Å²) in [6.07, 6.45) is 0.317. The SMILES string of the molecule is COc1ccc(CC(NC(=O)C(C)NC(=O)CN2CCOCC2)C(=O)NC(Cc2ccccc2)B(O)O)cc1. The van der Waals surface area contributed by atoms with Crippen LogP contribution in [0.2, 0.25) is 0 Å². The fourth-order valence-corrected chi connectivity index (χ4v) is 4.20. The second-order valence-electron chi connectivity index (χ2n) is 9.51. The van der Waals surface area contributed by atoms with Gasteiger partial charge >= 0.3 is 7.12 Å². The first-order chi connectivity index (χ1) is 18.7. The van der Waals surface area contributed by atoms with Crippen molar-refractivity contribution in [2.75, 3.05) is 40.0 Å². The quantitative estimate of drug-likeness (QED) is 0.210. The summed E-state index contributed by atoms with van der Waals surface area (Å²) in [4.78, 5) is 40.8. The maximum Gasteiger partial charge on any atom is 0.475 e. The Morgan fingerprint density at radius 3 is 2.18 bits per heavy atom. The first-order valence-electron chi connectivity index (χ1n) is 13.0. The van der Waals surface area contributed by atoms with E-state index in [1.165, 1.54) is 0 Å². The standard InChI is InChI=1S/C27H37BN4O7/c1-19(29-25(33)18-32-12-14-39-15-13-32)26(34)30-23(16-21-8-10-22(38-2)11-9-21)27(35)31-24(28(36)37)17-20-6-4-3-5-7-20/h3-11,19,23-24,36-37H,12-18H2,1-2H3,(H,29,33)(H,30,34)(H,31,35). The van der Waals surface area contributed by atoms with E-state index in [1.807, 2.05) is 35.2 Å². The molecule has 5 N–H and O–H groups in total. The van der Waals surface area contributed by atoms with Gasteiger partial charge in [0.25, 0.3) is 0 Å². The molecule has 3 atom stereocenters. The van der Waals surface area contributed by atoms with Crippen molar-refractivity contribution in [3.05, 3.63) is 65.7 Å². The zero-order chi connectivity index (χ0) is 28.2. The van der Waals surface area contributed by atoms with E-state index in [-0.39, 0.29) is 25.3 Å². The third-order valence-electron chi connectivity index (χ3n) is 6.46. The molecule has 210 valence electrons. The third kappa shape index (κ3) is 9.99. The highest BCUT2D eigenvalue weighted by molar-refractivity contribution is 6.43. The minimum Gasteiger partial charge on any atom is -0.497 e. The monoisotopic (exact) mass is 540 g/mol. The first-order valence-corrected chi connectivity index (χ1v) is 13.0. The Hall–Kier alpha value is -3.45. The number of carbonyl (C=O) groups excluding carboxylic acids is 3. The van der Waals surface area contributed by atoms with E-state index >= 15 is 0 Å². The maximum absolute atomic E-state index is 13.3. The van der Waals surface area contributed by atoms with E-state index in [2.05, 4.69) is 16.0 Å². The molecule has 0 radical (unpaired) electrons. The van der Waals surface area contributed by atoms with Crippen LogP contribution >= 0.6 is 0 Å². The Labute approximate surface area is 229 Å². The van der Waals surface area contributed by atoms with Gasteiger partial charge in [-0.1, -0.05) is 42.5 Å². The Morgan fingerprint density at radius 2 is 1.56 bits per heavy atom. The van der Waals surface area contributed by atoms with Crippen molar-refractivity contribution in [3.8, 4) is 5.75 Å². The average molecular weight is 540 g/mol. The number of nitrogens with one attached hydrogen (secondary N) is 3. The summed E-state index contributed by atoms with van der Waals surface area (Å²) in [6.45, 7) is 4.08. The molecule has 0 aromatic heterocycles. The molecule has 1 aliphatic rings. The number of ether oxygens (including phenoxy) is 2. The van der Waals surface area contributed by atoms with Crippen LogP contribution in [0.3, 0.4) is 0 Å². The lowest BCUT2D eigenvalue weighted by Crippen LogP contribution is -2.58.